The van der Waals surface area contributed by atoms with E-state index in [1.54, 1.807) is 6.20 Å². The number of anilines is 1. The number of nitrogens with one attached hydrogen (secondary N) is 1. The topological polar surface area (TPSA) is 70.6 Å². The summed E-state index contributed by atoms with van der Waals surface area (Å²) in [6.07, 6.45) is 11.2. The van der Waals surface area contributed by atoms with Gasteiger partial charge in [-0.3, -0.25) is 4.98 Å². The number of fused-ring (bicyclic) bond motifs is 1. The average Bonchev–Trinajstić information content (AvgIpc) is 3.40. The smallest absolute Gasteiger partial charge is 0.180 e. The number of pyridine rings is 1. The number of rotatable bonds is 3. The first-order valence-corrected chi connectivity index (χ1v) is 9.44. The zero-order chi connectivity index (χ0) is 17.3. The maximum Gasteiger partial charge on any atom is 0.180 e. The van der Waals surface area contributed by atoms with Gasteiger partial charge in [-0.25, -0.2) is 15.0 Å². The minimum atomic E-state index is 0.434. The van der Waals surface area contributed by atoms with Crippen LogP contribution in [0.3, 0.4) is 0 Å². The van der Waals surface area contributed by atoms with Gasteiger partial charge in [-0.1, -0.05) is 6.07 Å². The molecular formula is C20H22N6. The van der Waals surface area contributed by atoms with Crippen molar-refractivity contribution in [1.82, 2.24) is 24.9 Å². The van der Waals surface area contributed by atoms with Crippen molar-refractivity contribution in [2.24, 2.45) is 0 Å². The van der Waals surface area contributed by atoms with E-state index in [2.05, 4.69) is 19.9 Å². The maximum atomic E-state index is 4.98. The Hall–Kier alpha value is -2.76. The fraction of sp³-hybridized carbons (Fsp3) is 0.400. The fourth-order valence-electron chi connectivity index (χ4n) is 4.18. The molecule has 3 aromatic rings. The second-order valence-electron chi connectivity index (χ2n) is 7.12. The molecule has 6 heteroatoms. The van der Waals surface area contributed by atoms with Crippen LogP contribution in [0.4, 0.5) is 5.82 Å². The van der Waals surface area contributed by atoms with Gasteiger partial charge in [0, 0.05) is 48.9 Å². The van der Waals surface area contributed by atoms with E-state index in [0.717, 1.165) is 61.9 Å². The van der Waals surface area contributed by atoms with Crippen LogP contribution in [0.2, 0.25) is 0 Å². The molecule has 0 saturated carbocycles. The van der Waals surface area contributed by atoms with Gasteiger partial charge in [-0.15, -0.1) is 0 Å². The molecule has 1 aliphatic carbocycles. The summed E-state index contributed by atoms with van der Waals surface area (Å²) in [7, 11) is 0. The molecule has 0 unspecified atom stereocenters. The Morgan fingerprint density at radius 3 is 2.88 bits per heavy atom. The second kappa shape index (κ2) is 6.52. The molecule has 26 heavy (non-hydrogen) atoms. The van der Waals surface area contributed by atoms with E-state index >= 15 is 0 Å². The molecule has 1 N–H and O–H groups in total. The van der Waals surface area contributed by atoms with Crippen molar-refractivity contribution in [3.8, 4) is 11.5 Å². The lowest BCUT2D eigenvalue weighted by Crippen LogP contribution is -2.36. The zero-order valence-corrected chi connectivity index (χ0v) is 14.7. The van der Waals surface area contributed by atoms with Gasteiger partial charge in [-0.2, -0.15) is 0 Å². The third-order valence-electron chi connectivity index (χ3n) is 5.43. The van der Waals surface area contributed by atoms with Gasteiger partial charge in [0.05, 0.1) is 0 Å². The summed E-state index contributed by atoms with van der Waals surface area (Å²) in [5.41, 5.74) is 3.39. The van der Waals surface area contributed by atoms with E-state index in [1.807, 2.05) is 30.6 Å². The summed E-state index contributed by atoms with van der Waals surface area (Å²) in [5, 5.41) is 0. The van der Waals surface area contributed by atoms with Gasteiger partial charge < -0.3 is 9.88 Å². The number of nitrogens with zero attached hydrogens (tertiary/aromatic N) is 5. The molecular weight excluding hydrogens is 324 g/mol. The molecule has 0 bridgehead atoms. The van der Waals surface area contributed by atoms with Crippen molar-refractivity contribution in [2.75, 3.05) is 18.0 Å². The summed E-state index contributed by atoms with van der Waals surface area (Å²) < 4.78 is 0. The molecule has 6 nitrogen and oxygen atoms in total. The lowest BCUT2D eigenvalue weighted by molar-refractivity contribution is 0.490. The van der Waals surface area contributed by atoms with E-state index < -0.39 is 0 Å². The Labute approximate surface area is 152 Å². The Morgan fingerprint density at radius 2 is 2.04 bits per heavy atom. The first-order chi connectivity index (χ1) is 12.9. The van der Waals surface area contributed by atoms with Crippen LogP contribution in [0.25, 0.3) is 11.5 Å². The predicted molar refractivity (Wildman–Crippen MR) is 100 cm³/mol. The number of aromatic nitrogens is 5. The van der Waals surface area contributed by atoms with Crippen molar-refractivity contribution in [2.45, 2.75) is 38.0 Å². The van der Waals surface area contributed by atoms with E-state index in [4.69, 9.17) is 9.97 Å². The molecule has 0 aromatic carbocycles. The van der Waals surface area contributed by atoms with E-state index in [0.29, 0.717) is 5.92 Å². The van der Waals surface area contributed by atoms with E-state index in [1.165, 1.54) is 17.7 Å². The number of hydrogen-bond acceptors (Lipinski definition) is 5. The van der Waals surface area contributed by atoms with Gasteiger partial charge in [0.2, 0.25) is 0 Å². The second-order valence-corrected chi connectivity index (χ2v) is 7.12. The Morgan fingerprint density at radius 1 is 1.04 bits per heavy atom. The van der Waals surface area contributed by atoms with Crippen LogP contribution in [0.5, 0.6) is 0 Å². The highest BCUT2D eigenvalue weighted by atomic mass is 15.2. The Balaban J connectivity index is 1.52. The Kier molecular flexibility index (Phi) is 3.88. The van der Waals surface area contributed by atoms with Gasteiger partial charge in [0.15, 0.2) is 5.82 Å². The molecule has 1 atom stereocenters. The van der Waals surface area contributed by atoms with Crippen molar-refractivity contribution in [1.29, 1.82) is 0 Å². The zero-order valence-electron chi connectivity index (χ0n) is 14.7. The third-order valence-corrected chi connectivity index (χ3v) is 5.43. The number of imidazole rings is 1. The SMILES string of the molecule is c1ccc(-c2nc3c(c(N4CCC[C@H](c5ncc[nH]5)C4)n2)CCC3)nc1. The van der Waals surface area contributed by atoms with Crippen molar-refractivity contribution < 1.29 is 0 Å². The van der Waals surface area contributed by atoms with Crippen LogP contribution in [-0.4, -0.2) is 38.0 Å². The monoisotopic (exact) mass is 346 g/mol. The minimum Gasteiger partial charge on any atom is -0.356 e. The highest BCUT2D eigenvalue weighted by molar-refractivity contribution is 5.59. The van der Waals surface area contributed by atoms with Crippen LogP contribution in [-0.2, 0) is 12.8 Å². The number of piperidine rings is 1. The lowest BCUT2D eigenvalue weighted by atomic mass is 9.97. The molecule has 3 aromatic heterocycles. The maximum absolute atomic E-state index is 4.98. The molecule has 132 valence electrons. The molecule has 4 heterocycles. The van der Waals surface area contributed by atoms with E-state index in [9.17, 15) is 0 Å². The number of aromatic amines is 1. The highest BCUT2D eigenvalue weighted by Gasteiger charge is 2.28. The molecule has 1 saturated heterocycles. The first-order valence-electron chi connectivity index (χ1n) is 9.44. The van der Waals surface area contributed by atoms with E-state index in [-0.39, 0.29) is 0 Å². The summed E-state index contributed by atoms with van der Waals surface area (Å²) in [4.78, 5) is 24.5. The van der Waals surface area contributed by atoms with Crippen LogP contribution in [0.1, 0.15) is 42.3 Å². The quantitative estimate of drug-likeness (QED) is 0.789. The number of aryl methyl sites for hydroxylation is 1. The largest absolute Gasteiger partial charge is 0.356 e. The Bertz CT molecular complexity index is 890. The molecule has 1 fully saturated rings. The molecule has 5 rings (SSSR count). The number of H-pyrrole nitrogens is 1. The molecule has 0 spiro atoms. The van der Waals surface area contributed by atoms with Crippen LogP contribution in [0, 0.1) is 0 Å². The highest BCUT2D eigenvalue weighted by Crippen LogP contribution is 2.34. The first kappa shape index (κ1) is 15.5. The van der Waals surface area contributed by atoms with Crippen LogP contribution in [0.15, 0.2) is 36.8 Å². The van der Waals surface area contributed by atoms with Gasteiger partial charge >= 0.3 is 0 Å². The third kappa shape index (κ3) is 2.75. The van der Waals surface area contributed by atoms with Crippen molar-refractivity contribution in [3.63, 3.8) is 0 Å². The summed E-state index contributed by atoms with van der Waals surface area (Å²) >= 11 is 0. The summed E-state index contributed by atoms with van der Waals surface area (Å²) in [5.74, 6) is 3.39. The van der Waals surface area contributed by atoms with Crippen molar-refractivity contribution >= 4 is 5.82 Å². The predicted octanol–water partition coefficient (Wildman–Crippen LogP) is 3.13. The van der Waals surface area contributed by atoms with Crippen LogP contribution >= 0.6 is 0 Å². The van der Waals surface area contributed by atoms with Gasteiger partial charge in [-0.05, 0) is 44.2 Å². The average molecular weight is 346 g/mol. The molecule has 0 radical (unpaired) electrons. The molecule has 2 aliphatic rings. The van der Waals surface area contributed by atoms with Crippen molar-refractivity contribution in [3.05, 3.63) is 53.9 Å². The standard InChI is InChI=1S/C20H22N6/c1-2-9-21-17(7-1)19-24-16-8-3-6-15(16)20(25-19)26-12-4-5-14(13-26)18-22-10-11-23-18/h1-2,7,9-11,14H,3-6,8,12-13H2,(H,22,23)/t14-/m0/s1. The number of hydrogen-bond donors (Lipinski definition) is 1. The summed E-state index contributed by atoms with van der Waals surface area (Å²) in [6, 6.07) is 5.91. The molecule has 0 amide bonds. The minimum absolute atomic E-state index is 0.434. The van der Waals surface area contributed by atoms with Gasteiger partial charge in [0.25, 0.3) is 0 Å². The fourth-order valence-corrected chi connectivity index (χ4v) is 4.18. The normalized spacial score (nSPS) is 19.5. The molecule has 1 aliphatic heterocycles. The van der Waals surface area contributed by atoms with Crippen LogP contribution < -0.4 is 4.90 Å². The van der Waals surface area contributed by atoms with Gasteiger partial charge in [0.1, 0.15) is 17.3 Å². The lowest BCUT2D eigenvalue weighted by Gasteiger charge is -2.34. The summed E-state index contributed by atoms with van der Waals surface area (Å²) in [6.45, 7) is 2.00.